The molecule has 25 N–H and O–H groups in total. The van der Waals surface area contributed by atoms with Crippen LogP contribution in [0.25, 0.3) is 10.9 Å². The van der Waals surface area contributed by atoms with Crippen LogP contribution >= 0.6 is 0 Å². The largest absolute Gasteiger partial charge is 0.508 e. The number of rotatable bonds is 34. The molecule has 2 fully saturated rings. The summed E-state index contributed by atoms with van der Waals surface area (Å²) in [5, 5.41) is 56.9. The fourth-order valence-electron chi connectivity index (χ4n) is 11.1. The molecule has 4 aromatic rings. The van der Waals surface area contributed by atoms with Crippen LogP contribution in [0.3, 0.4) is 0 Å². The molecule has 0 bridgehead atoms. The highest BCUT2D eigenvalue weighted by Gasteiger charge is 2.42. The number of fused-ring (bicyclic) bond motifs is 1. The number of aliphatic carboxylic acids is 1. The summed E-state index contributed by atoms with van der Waals surface area (Å²) in [6.45, 7) is 1.67. The van der Waals surface area contributed by atoms with Crippen molar-refractivity contribution in [1.29, 1.82) is 0 Å². The number of nitrogens with one attached hydrogen (secondary N) is 7. The number of phenolic OH excluding ortho intramolecular Hbond substituents is 2. The summed E-state index contributed by atoms with van der Waals surface area (Å²) in [4.78, 5) is 146. The number of phenols is 2. The van der Waals surface area contributed by atoms with Gasteiger partial charge >= 0.3 is 5.97 Å². The number of likely N-dealkylation sites (tertiary alicyclic amines) is 2. The number of H-pyrrole nitrogens is 1. The normalized spacial score (nSPS) is 17.0. The molecule has 10 atom stereocenters. The maximum absolute atomic E-state index is 15.2. The monoisotopic (exact) mass is 1290 g/mol. The molecule has 0 spiro atoms. The Balaban J connectivity index is 1.28. The number of nitrogens with two attached hydrogens (primary N) is 7. The van der Waals surface area contributed by atoms with Crippen LogP contribution in [0.2, 0.25) is 0 Å². The summed E-state index contributed by atoms with van der Waals surface area (Å²) in [6, 6.07) is 6.41. The van der Waals surface area contributed by atoms with Crippen LogP contribution in [0.5, 0.6) is 11.5 Å². The van der Waals surface area contributed by atoms with Gasteiger partial charge < -0.3 is 107 Å². The number of hydrogen-bond donors (Lipinski definition) is 18. The highest BCUT2D eigenvalue weighted by atomic mass is 16.4. The highest BCUT2D eigenvalue weighted by Crippen LogP contribution is 2.25. The second-order valence-corrected chi connectivity index (χ2v) is 23.0. The number of aromatic hydroxyl groups is 2. The molecule has 0 saturated carbocycles. The predicted molar refractivity (Wildman–Crippen MR) is 344 cm³/mol. The predicted octanol–water partition coefficient (Wildman–Crippen LogP) is -3.55. The van der Waals surface area contributed by atoms with E-state index in [1.165, 1.54) is 46.2 Å². The van der Waals surface area contributed by atoms with Gasteiger partial charge in [-0.25, -0.2) is 4.79 Å². The Labute approximate surface area is 536 Å². The zero-order valence-electron chi connectivity index (χ0n) is 51.7. The van der Waals surface area contributed by atoms with Crippen LogP contribution in [0, 0.1) is 0 Å². The summed E-state index contributed by atoms with van der Waals surface area (Å²) in [5.74, 6) is -8.59. The summed E-state index contributed by atoms with van der Waals surface area (Å²) < 4.78 is 0. The quantitative estimate of drug-likeness (QED) is 0.0122. The molecule has 2 saturated heterocycles. The van der Waals surface area contributed by atoms with E-state index in [4.69, 9.17) is 40.1 Å². The Morgan fingerprint density at radius 1 is 0.548 bits per heavy atom. The van der Waals surface area contributed by atoms with Crippen LogP contribution in [0.4, 0.5) is 0 Å². The first-order valence-electron chi connectivity index (χ1n) is 30.7. The van der Waals surface area contributed by atoms with Crippen molar-refractivity contribution in [3.8, 4) is 11.5 Å². The van der Waals surface area contributed by atoms with Crippen molar-refractivity contribution in [2.75, 3.05) is 32.7 Å². The fourth-order valence-corrected chi connectivity index (χ4v) is 11.1. The molecule has 0 aliphatic carbocycles. The first kappa shape index (κ1) is 71.8. The van der Waals surface area contributed by atoms with Gasteiger partial charge in [0.15, 0.2) is 23.9 Å². The minimum absolute atomic E-state index is 0.0138. The van der Waals surface area contributed by atoms with Crippen molar-refractivity contribution in [3.63, 3.8) is 0 Å². The van der Waals surface area contributed by atoms with E-state index in [0.29, 0.717) is 46.9 Å². The van der Waals surface area contributed by atoms with Gasteiger partial charge in [0.25, 0.3) is 0 Å². The minimum Gasteiger partial charge on any atom is -0.508 e. The van der Waals surface area contributed by atoms with E-state index < -0.39 is 114 Å². The molecule has 3 heterocycles. The number of aromatic nitrogens is 1. The zero-order valence-corrected chi connectivity index (χ0v) is 51.7. The lowest BCUT2D eigenvalue weighted by Crippen LogP contribution is -2.61. The van der Waals surface area contributed by atoms with E-state index in [-0.39, 0.29) is 126 Å². The molecule has 6 rings (SSSR count). The number of carboxylic acid groups (broad SMARTS) is 1. The number of amides is 8. The van der Waals surface area contributed by atoms with Crippen molar-refractivity contribution in [2.45, 2.75) is 151 Å². The molecular weight excluding hydrogens is 1210 g/mol. The highest BCUT2D eigenvalue weighted by molar-refractivity contribution is 5.99. The summed E-state index contributed by atoms with van der Waals surface area (Å²) in [6.07, 6.45) is 1.27. The lowest BCUT2D eigenvalue weighted by molar-refractivity contribution is -0.145. The Hall–Kier alpha value is -10.2. The number of aliphatic hydroxyl groups is 1. The lowest BCUT2D eigenvalue weighted by atomic mass is 10.0. The lowest BCUT2D eigenvalue weighted by Gasteiger charge is -2.31. The van der Waals surface area contributed by atoms with Crippen LogP contribution in [-0.4, -0.2) is 200 Å². The average Bonchev–Trinajstić information content (AvgIpc) is 1.78. The van der Waals surface area contributed by atoms with Crippen LogP contribution in [-0.2, 0) is 62.4 Å². The smallest absolute Gasteiger partial charge is 0.328 e. The molecule has 0 radical (unpaired) electrons. The molecular formula is C61H87N19O13. The molecule has 8 amide bonds. The van der Waals surface area contributed by atoms with Crippen molar-refractivity contribution in [2.24, 2.45) is 55.1 Å². The molecule has 2 aliphatic rings. The third-order valence-corrected chi connectivity index (χ3v) is 15.9. The number of nitrogens with zero attached hydrogens (tertiary/aromatic N) is 5. The molecule has 0 unspecified atom stereocenters. The number of aliphatic hydroxyl groups excluding tert-OH is 1. The van der Waals surface area contributed by atoms with Crippen molar-refractivity contribution < 1.29 is 63.6 Å². The van der Waals surface area contributed by atoms with Gasteiger partial charge in [-0.05, 0) is 118 Å². The van der Waals surface area contributed by atoms with Gasteiger partial charge in [-0.15, -0.1) is 0 Å². The standard InChI is InChI=1S/C61H87N19O13/c1-33(81)49(58(92)93)78-53(87)44(29-34-16-20-37(82)21-17-34)75-50(84)42(12-5-25-70-60(65)66)73-52(86)45(31-36-32-72-41-11-3-2-9-39(36)41)76-55(89)48-15-8-28-80(48)57(91)46(30-35-18-22-38(83)23-19-35)77-51(85)43(13-6-26-71-61(67)68)74-54(88)47-14-7-27-79(47)56(90)40(62)10-4-24-69-59(63)64/h2-3,9,11,16-23,32-33,40,42-49,72,81-83H,4-8,10,12-15,24-31,62H2,1H3,(H,73,86)(H,74,88)(H,75,84)(H,76,89)(H,77,85)(H,78,87)(H,92,93)(H4,63,64,69)(H4,65,66,70)(H4,67,68,71)/t33-,40+,42+,43+,44+,45+,46+,47+,48+,49+/m1/s1. The number of benzene rings is 3. The van der Waals surface area contributed by atoms with Gasteiger partial charge in [0.05, 0.1) is 12.1 Å². The number of para-hydroxylation sites is 1. The molecule has 504 valence electrons. The van der Waals surface area contributed by atoms with Gasteiger partial charge in [-0.1, -0.05) is 42.5 Å². The SMILES string of the molecule is C[C@@H](O)[C@H](NC(=O)[C@H](Cc1ccc(O)cc1)NC(=O)[C@H](CCCN=C(N)N)NC(=O)[C@H](Cc1c[nH]c2ccccc12)NC(=O)[C@@H]1CCCN1C(=O)[C@H](Cc1ccc(O)cc1)NC(=O)[C@H](CCCN=C(N)N)NC(=O)[C@@H]1CCCN1C(=O)[C@@H](N)CCCN=C(N)N)C(=O)O. The number of hydrogen-bond acceptors (Lipinski definition) is 16. The van der Waals surface area contributed by atoms with Gasteiger partial charge in [-0.3, -0.25) is 53.3 Å². The molecule has 32 nitrogen and oxygen atoms in total. The number of carboxylic acids is 1. The van der Waals surface area contributed by atoms with E-state index in [0.717, 1.165) is 6.92 Å². The van der Waals surface area contributed by atoms with Crippen LogP contribution in [0.15, 0.2) is 94.0 Å². The second kappa shape index (κ2) is 34.8. The summed E-state index contributed by atoms with van der Waals surface area (Å²) >= 11 is 0. The third-order valence-electron chi connectivity index (χ3n) is 15.9. The second-order valence-electron chi connectivity index (χ2n) is 23.0. The zero-order chi connectivity index (χ0) is 67.9. The van der Waals surface area contributed by atoms with E-state index in [1.54, 1.807) is 42.6 Å². The first-order chi connectivity index (χ1) is 44.3. The van der Waals surface area contributed by atoms with Gasteiger partial charge in [0.1, 0.15) is 53.8 Å². The molecule has 93 heavy (non-hydrogen) atoms. The number of aliphatic imine (C=N–C) groups is 3. The molecule has 2 aliphatic heterocycles. The third kappa shape index (κ3) is 21.7. The Morgan fingerprint density at radius 3 is 1.47 bits per heavy atom. The van der Waals surface area contributed by atoms with Gasteiger partial charge in [0, 0.05) is 69.1 Å². The average molecular weight is 1290 g/mol. The number of guanidine groups is 3. The Kier molecular flexibility index (Phi) is 26.9. The van der Waals surface area contributed by atoms with E-state index in [1.807, 2.05) is 0 Å². The molecule has 32 heteroatoms. The summed E-state index contributed by atoms with van der Waals surface area (Å²) in [5.41, 5.74) is 41.7. The fraction of sp³-hybridized carbons (Fsp3) is 0.475. The maximum Gasteiger partial charge on any atom is 0.328 e. The van der Waals surface area contributed by atoms with E-state index in [2.05, 4.69) is 51.9 Å². The van der Waals surface area contributed by atoms with E-state index in [9.17, 15) is 54.0 Å². The van der Waals surface area contributed by atoms with Gasteiger partial charge in [0.2, 0.25) is 47.3 Å². The number of aromatic amines is 1. The Bertz CT molecular complexity index is 3330. The number of carbonyl (C=O) groups excluding carboxylic acids is 8. The molecule has 3 aromatic carbocycles. The summed E-state index contributed by atoms with van der Waals surface area (Å²) in [7, 11) is 0. The Morgan fingerprint density at radius 2 is 0.968 bits per heavy atom. The first-order valence-corrected chi connectivity index (χ1v) is 30.7. The maximum atomic E-state index is 15.2. The number of carbonyl (C=O) groups is 9. The van der Waals surface area contributed by atoms with Crippen molar-refractivity contribution in [1.82, 2.24) is 46.7 Å². The van der Waals surface area contributed by atoms with Crippen molar-refractivity contribution >= 4 is 82.0 Å². The van der Waals surface area contributed by atoms with E-state index >= 15 is 9.59 Å². The van der Waals surface area contributed by atoms with Crippen LogP contribution < -0.4 is 72.0 Å². The van der Waals surface area contributed by atoms with Crippen molar-refractivity contribution in [3.05, 3.63) is 95.7 Å². The van der Waals surface area contributed by atoms with Crippen LogP contribution in [0.1, 0.15) is 87.8 Å². The molecule has 1 aromatic heterocycles. The minimum atomic E-state index is -1.79. The topological polar surface area (TPSA) is 548 Å². The van der Waals surface area contributed by atoms with Gasteiger partial charge in [-0.2, -0.15) is 0 Å².